The van der Waals surface area contributed by atoms with Crippen LogP contribution in [-0.2, 0) is 6.42 Å². The molecule has 0 aliphatic heterocycles. The van der Waals surface area contributed by atoms with Crippen LogP contribution in [0, 0.1) is 0 Å². The van der Waals surface area contributed by atoms with E-state index in [4.69, 9.17) is 5.73 Å². The van der Waals surface area contributed by atoms with Crippen molar-refractivity contribution in [2.75, 3.05) is 0 Å². The fraction of sp³-hybridized carbons (Fsp3) is 0.533. The van der Waals surface area contributed by atoms with Crippen LogP contribution in [0.25, 0.3) is 0 Å². The maximum absolute atomic E-state index is 5.94. The third-order valence-electron chi connectivity index (χ3n) is 3.85. The predicted molar refractivity (Wildman–Crippen MR) is 83.2 cm³/mol. The molecule has 1 fully saturated rings. The van der Waals surface area contributed by atoms with Gasteiger partial charge in [-0.2, -0.15) is 0 Å². The third kappa shape index (κ3) is 3.44. The van der Waals surface area contributed by atoms with Gasteiger partial charge in [0.05, 0.1) is 6.04 Å². The Labute approximate surface area is 129 Å². The van der Waals surface area contributed by atoms with Crippen molar-refractivity contribution in [1.29, 1.82) is 0 Å². The van der Waals surface area contributed by atoms with E-state index in [9.17, 15) is 0 Å². The van der Waals surface area contributed by atoms with Gasteiger partial charge in [-0.25, -0.2) is 4.68 Å². The van der Waals surface area contributed by atoms with Gasteiger partial charge in [0, 0.05) is 10.9 Å². The molecular formula is C15H21N5S. The molecule has 1 heterocycles. The van der Waals surface area contributed by atoms with E-state index >= 15 is 0 Å². The molecule has 1 unspecified atom stereocenters. The van der Waals surface area contributed by atoms with Gasteiger partial charge in [0.1, 0.15) is 0 Å². The van der Waals surface area contributed by atoms with E-state index < -0.39 is 0 Å². The van der Waals surface area contributed by atoms with Crippen LogP contribution in [0.15, 0.2) is 34.3 Å². The van der Waals surface area contributed by atoms with Gasteiger partial charge in [-0.3, -0.25) is 0 Å². The van der Waals surface area contributed by atoms with Crippen LogP contribution in [0.4, 0.5) is 0 Å². The van der Waals surface area contributed by atoms with Gasteiger partial charge in [-0.15, -0.1) is 5.10 Å². The van der Waals surface area contributed by atoms with Crippen LogP contribution in [0.2, 0.25) is 0 Å². The molecule has 0 radical (unpaired) electrons. The molecule has 1 aliphatic rings. The summed E-state index contributed by atoms with van der Waals surface area (Å²) in [5.41, 5.74) is 7.20. The Morgan fingerprint density at radius 1 is 1.33 bits per heavy atom. The first-order chi connectivity index (χ1) is 10.2. The lowest BCUT2D eigenvalue weighted by Crippen LogP contribution is -2.18. The molecule has 1 saturated carbocycles. The SMILES string of the molecule is CC(N)Cc1ccccc1Sc1nnnn1C1CCCC1. The minimum Gasteiger partial charge on any atom is -0.328 e. The summed E-state index contributed by atoms with van der Waals surface area (Å²) in [4.78, 5) is 1.20. The number of hydrogen-bond donors (Lipinski definition) is 1. The fourth-order valence-corrected chi connectivity index (χ4v) is 3.83. The normalized spacial score (nSPS) is 17.2. The van der Waals surface area contributed by atoms with Crippen molar-refractivity contribution < 1.29 is 0 Å². The molecule has 2 aromatic rings. The lowest BCUT2D eigenvalue weighted by Gasteiger charge is -2.13. The van der Waals surface area contributed by atoms with Crippen molar-refractivity contribution >= 4 is 11.8 Å². The van der Waals surface area contributed by atoms with Gasteiger partial charge in [-0.05, 0) is 60.0 Å². The van der Waals surface area contributed by atoms with Crippen molar-refractivity contribution in [3.63, 3.8) is 0 Å². The van der Waals surface area contributed by atoms with Crippen LogP contribution in [-0.4, -0.2) is 26.2 Å². The summed E-state index contributed by atoms with van der Waals surface area (Å²) < 4.78 is 2.00. The van der Waals surface area contributed by atoms with Gasteiger partial charge in [-0.1, -0.05) is 31.0 Å². The highest BCUT2D eigenvalue weighted by Crippen LogP contribution is 2.35. The summed E-state index contributed by atoms with van der Waals surface area (Å²) in [6.45, 7) is 2.03. The number of rotatable bonds is 5. The first-order valence-corrected chi connectivity index (χ1v) is 8.35. The third-order valence-corrected chi connectivity index (χ3v) is 4.92. The highest BCUT2D eigenvalue weighted by atomic mass is 32.2. The van der Waals surface area contributed by atoms with E-state index in [0.717, 1.165) is 11.6 Å². The molecule has 1 aliphatic carbocycles. The molecule has 1 aromatic carbocycles. The van der Waals surface area contributed by atoms with Crippen molar-refractivity contribution in [3.05, 3.63) is 29.8 Å². The van der Waals surface area contributed by atoms with Crippen molar-refractivity contribution in [2.45, 2.75) is 61.2 Å². The Bertz CT molecular complexity index is 589. The van der Waals surface area contributed by atoms with Crippen LogP contribution >= 0.6 is 11.8 Å². The lowest BCUT2D eigenvalue weighted by molar-refractivity contribution is 0.423. The molecule has 2 N–H and O–H groups in total. The molecule has 0 bridgehead atoms. The standard InChI is InChI=1S/C15H21N5S/c1-11(16)10-12-6-2-5-9-14(12)21-15-17-18-19-20(15)13-7-3-4-8-13/h2,5-6,9,11,13H,3-4,7-8,10,16H2,1H3. The Kier molecular flexibility index (Phi) is 4.55. The van der Waals surface area contributed by atoms with Gasteiger partial charge in [0.25, 0.3) is 0 Å². The molecule has 5 nitrogen and oxygen atoms in total. The Morgan fingerprint density at radius 2 is 2.10 bits per heavy atom. The number of tetrazole rings is 1. The molecule has 3 rings (SSSR count). The Balaban J connectivity index is 1.82. The first kappa shape index (κ1) is 14.5. The van der Waals surface area contributed by atoms with Crippen molar-refractivity contribution in [3.8, 4) is 0 Å². The molecule has 0 spiro atoms. The average Bonchev–Trinajstić information content (AvgIpc) is 3.10. The summed E-state index contributed by atoms with van der Waals surface area (Å²) in [5.74, 6) is 0. The van der Waals surface area contributed by atoms with Gasteiger partial charge < -0.3 is 5.73 Å². The Hall–Kier alpha value is -1.40. The lowest BCUT2D eigenvalue weighted by atomic mass is 10.1. The second kappa shape index (κ2) is 6.58. The van der Waals surface area contributed by atoms with E-state index in [1.807, 2.05) is 11.6 Å². The van der Waals surface area contributed by atoms with Gasteiger partial charge in [0.2, 0.25) is 5.16 Å². The van der Waals surface area contributed by atoms with Crippen LogP contribution in [0.1, 0.15) is 44.2 Å². The van der Waals surface area contributed by atoms with Gasteiger partial charge >= 0.3 is 0 Å². The molecule has 1 atom stereocenters. The largest absolute Gasteiger partial charge is 0.328 e. The number of nitrogens with zero attached hydrogens (tertiary/aromatic N) is 4. The molecular weight excluding hydrogens is 282 g/mol. The number of hydrogen-bond acceptors (Lipinski definition) is 5. The summed E-state index contributed by atoms with van der Waals surface area (Å²) in [5, 5.41) is 13.2. The minimum absolute atomic E-state index is 0.151. The highest BCUT2D eigenvalue weighted by Gasteiger charge is 2.22. The monoisotopic (exact) mass is 303 g/mol. The molecule has 1 aromatic heterocycles. The highest BCUT2D eigenvalue weighted by molar-refractivity contribution is 7.99. The molecule has 6 heteroatoms. The zero-order valence-corrected chi connectivity index (χ0v) is 13.1. The fourth-order valence-electron chi connectivity index (χ4n) is 2.85. The number of nitrogens with two attached hydrogens (primary N) is 1. The first-order valence-electron chi connectivity index (χ1n) is 7.53. The number of benzene rings is 1. The maximum Gasteiger partial charge on any atom is 0.214 e. The average molecular weight is 303 g/mol. The van der Waals surface area contributed by atoms with E-state index in [0.29, 0.717) is 6.04 Å². The van der Waals surface area contributed by atoms with Crippen molar-refractivity contribution in [1.82, 2.24) is 20.2 Å². The van der Waals surface area contributed by atoms with Crippen molar-refractivity contribution in [2.24, 2.45) is 5.73 Å². The second-order valence-corrected chi connectivity index (χ2v) is 6.74. The quantitative estimate of drug-likeness (QED) is 0.919. The Morgan fingerprint density at radius 3 is 2.86 bits per heavy atom. The molecule has 0 amide bonds. The molecule has 112 valence electrons. The maximum atomic E-state index is 5.94. The topological polar surface area (TPSA) is 69.6 Å². The van der Waals surface area contributed by atoms with E-state index in [1.54, 1.807) is 11.8 Å². The minimum atomic E-state index is 0.151. The zero-order valence-electron chi connectivity index (χ0n) is 12.3. The van der Waals surface area contributed by atoms with E-state index in [1.165, 1.54) is 36.1 Å². The summed E-state index contributed by atoms with van der Waals surface area (Å²) in [6, 6.07) is 8.98. The predicted octanol–water partition coefficient (Wildman–Crippen LogP) is 2.83. The van der Waals surface area contributed by atoms with E-state index in [2.05, 4.69) is 39.8 Å². The molecule has 21 heavy (non-hydrogen) atoms. The number of aromatic nitrogens is 4. The summed E-state index contributed by atoms with van der Waals surface area (Å²) in [7, 11) is 0. The summed E-state index contributed by atoms with van der Waals surface area (Å²) >= 11 is 1.65. The summed E-state index contributed by atoms with van der Waals surface area (Å²) in [6.07, 6.45) is 5.78. The molecule has 0 saturated heterocycles. The zero-order chi connectivity index (χ0) is 14.7. The van der Waals surface area contributed by atoms with Crippen LogP contribution in [0.3, 0.4) is 0 Å². The van der Waals surface area contributed by atoms with Crippen LogP contribution < -0.4 is 5.73 Å². The second-order valence-electron chi connectivity index (χ2n) is 5.74. The van der Waals surface area contributed by atoms with Gasteiger partial charge in [0.15, 0.2) is 0 Å². The smallest absolute Gasteiger partial charge is 0.214 e. The van der Waals surface area contributed by atoms with E-state index in [-0.39, 0.29) is 6.04 Å². The van der Waals surface area contributed by atoms with Crippen LogP contribution in [0.5, 0.6) is 0 Å².